The molecule has 0 saturated heterocycles. The summed E-state index contributed by atoms with van der Waals surface area (Å²) in [6, 6.07) is 0.0289. The van der Waals surface area contributed by atoms with E-state index in [4.69, 9.17) is 0 Å². The molecule has 2 aliphatic rings. The fourth-order valence-electron chi connectivity index (χ4n) is 3.75. The first-order valence-electron chi connectivity index (χ1n) is 8.30. The van der Waals surface area contributed by atoms with Gasteiger partial charge in [-0.25, -0.2) is 4.79 Å². The minimum atomic E-state index is -0.770. The minimum Gasteiger partial charge on any atom is -0.481 e. The summed E-state index contributed by atoms with van der Waals surface area (Å²) < 4.78 is 0. The van der Waals surface area contributed by atoms with E-state index >= 15 is 0 Å². The highest BCUT2D eigenvalue weighted by molar-refractivity contribution is 5.78. The molecule has 120 valence electrons. The molecule has 0 spiro atoms. The van der Waals surface area contributed by atoms with Crippen molar-refractivity contribution in [2.75, 3.05) is 6.54 Å². The van der Waals surface area contributed by atoms with Gasteiger partial charge >= 0.3 is 12.0 Å². The van der Waals surface area contributed by atoms with Crippen molar-refractivity contribution in [1.82, 2.24) is 10.6 Å². The first-order valence-corrected chi connectivity index (χ1v) is 8.30. The Morgan fingerprint density at radius 3 is 2.48 bits per heavy atom. The lowest BCUT2D eigenvalue weighted by Crippen LogP contribution is -2.49. The van der Waals surface area contributed by atoms with Gasteiger partial charge < -0.3 is 15.7 Å². The summed E-state index contributed by atoms with van der Waals surface area (Å²) in [5.41, 5.74) is -0.755. The highest BCUT2D eigenvalue weighted by Crippen LogP contribution is 2.36. The van der Waals surface area contributed by atoms with Gasteiger partial charge in [-0.2, -0.15) is 0 Å². The van der Waals surface area contributed by atoms with Gasteiger partial charge in [-0.05, 0) is 31.6 Å². The fourth-order valence-corrected chi connectivity index (χ4v) is 3.75. The van der Waals surface area contributed by atoms with Crippen LogP contribution >= 0.6 is 0 Å². The fraction of sp³-hybridized carbons (Fsp3) is 0.875. The van der Waals surface area contributed by atoms with Gasteiger partial charge in [-0.1, -0.05) is 39.0 Å². The lowest BCUT2D eigenvalue weighted by molar-refractivity contribution is -0.150. The Labute approximate surface area is 126 Å². The average molecular weight is 296 g/mol. The number of amides is 2. The van der Waals surface area contributed by atoms with Crippen LogP contribution in [0.2, 0.25) is 0 Å². The Morgan fingerprint density at radius 2 is 1.86 bits per heavy atom. The molecule has 2 saturated carbocycles. The minimum absolute atomic E-state index is 0.208. The van der Waals surface area contributed by atoms with Crippen molar-refractivity contribution >= 4 is 12.0 Å². The number of carbonyl (C=O) groups excluding carboxylic acids is 1. The third kappa shape index (κ3) is 4.35. The Morgan fingerprint density at radius 1 is 1.14 bits per heavy atom. The molecule has 0 heterocycles. The van der Waals surface area contributed by atoms with Gasteiger partial charge in [-0.3, -0.25) is 4.79 Å². The molecule has 0 bridgehead atoms. The van der Waals surface area contributed by atoms with Crippen LogP contribution in [0.15, 0.2) is 0 Å². The standard InChI is InChI=1S/C16H28N2O3/c1-12-6-5-7-13(10-12)18-15(21)17-11-16(14(19)20)8-3-2-4-9-16/h12-13H,2-11H2,1H3,(H,19,20)(H2,17,18,21). The largest absolute Gasteiger partial charge is 0.481 e. The summed E-state index contributed by atoms with van der Waals surface area (Å²) in [7, 11) is 0. The van der Waals surface area contributed by atoms with Crippen molar-refractivity contribution in [2.24, 2.45) is 11.3 Å². The van der Waals surface area contributed by atoms with Crippen molar-refractivity contribution in [3.63, 3.8) is 0 Å². The molecule has 2 atom stereocenters. The molecule has 2 rings (SSSR count). The lowest BCUT2D eigenvalue weighted by atomic mass is 9.74. The monoisotopic (exact) mass is 296 g/mol. The molecule has 2 aliphatic carbocycles. The van der Waals surface area contributed by atoms with E-state index in [1.807, 2.05) is 0 Å². The quantitative estimate of drug-likeness (QED) is 0.746. The maximum atomic E-state index is 12.0. The summed E-state index contributed by atoms with van der Waals surface area (Å²) in [5, 5.41) is 15.3. The van der Waals surface area contributed by atoms with Crippen molar-refractivity contribution in [1.29, 1.82) is 0 Å². The van der Waals surface area contributed by atoms with Gasteiger partial charge in [-0.15, -0.1) is 0 Å². The van der Waals surface area contributed by atoms with Crippen LogP contribution < -0.4 is 10.6 Å². The van der Waals surface area contributed by atoms with Crippen LogP contribution in [0.3, 0.4) is 0 Å². The second-order valence-electron chi connectivity index (χ2n) is 6.94. The molecule has 5 heteroatoms. The van der Waals surface area contributed by atoms with E-state index < -0.39 is 11.4 Å². The molecule has 0 aromatic rings. The lowest BCUT2D eigenvalue weighted by Gasteiger charge is -2.33. The number of hydrogen-bond acceptors (Lipinski definition) is 2. The zero-order valence-corrected chi connectivity index (χ0v) is 13.0. The number of nitrogens with one attached hydrogen (secondary N) is 2. The second-order valence-corrected chi connectivity index (χ2v) is 6.94. The Bertz CT molecular complexity index is 378. The first kappa shape index (κ1) is 16.1. The molecule has 2 fully saturated rings. The second kappa shape index (κ2) is 7.14. The van der Waals surface area contributed by atoms with Crippen molar-refractivity contribution in [3.8, 4) is 0 Å². The number of carboxylic acids is 1. The Hall–Kier alpha value is -1.26. The van der Waals surface area contributed by atoms with Crippen molar-refractivity contribution in [3.05, 3.63) is 0 Å². The summed E-state index contributed by atoms with van der Waals surface area (Å²) in [6.45, 7) is 2.46. The summed E-state index contributed by atoms with van der Waals surface area (Å²) in [5.74, 6) is -0.110. The molecule has 0 radical (unpaired) electrons. The zero-order chi connectivity index (χ0) is 15.3. The molecule has 0 aromatic carbocycles. The SMILES string of the molecule is CC1CCCC(NC(=O)NCC2(C(=O)O)CCCCC2)C1. The van der Waals surface area contributed by atoms with Crippen LogP contribution in [-0.4, -0.2) is 29.7 Å². The van der Waals surface area contributed by atoms with Gasteiger partial charge in [0.1, 0.15) is 0 Å². The average Bonchev–Trinajstić information content (AvgIpc) is 2.46. The third-order valence-electron chi connectivity index (χ3n) is 5.12. The Balaban J connectivity index is 1.80. The van der Waals surface area contributed by atoms with Crippen LogP contribution in [0.25, 0.3) is 0 Å². The number of carboxylic acid groups (broad SMARTS) is 1. The summed E-state index contributed by atoms with van der Waals surface area (Å²) in [6.07, 6.45) is 8.77. The molecule has 21 heavy (non-hydrogen) atoms. The smallest absolute Gasteiger partial charge is 0.315 e. The maximum Gasteiger partial charge on any atom is 0.315 e. The summed E-state index contributed by atoms with van der Waals surface area (Å²) in [4.78, 5) is 23.6. The van der Waals surface area contributed by atoms with E-state index in [9.17, 15) is 14.7 Å². The number of carbonyl (C=O) groups is 2. The van der Waals surface area contributed by atoms with Gasteiger partial charge in [0.15, 0.2) is 0 Å². The first-order chi connectivity index (χ1) is 10.0. The zero-order valence-electron chi connectivity index (χ0n) is 13.0. The predicted octanol–water partition coefficient (Wildman–Crippen LogP) is 2.90. The molecule has 5 nitrogen and oxygen atoms in total. The number of hydrogen-bond donors (Lipinski definition) is 3. The van der Waals surface area contributed by atoms with Crippen LogP contribution in [0.4, 0.5) is 4.79 Å². The number of rotatable bonds is 4. The molecule has 2 unspecified atom stereocenters. The van der Waals surface area contributed by atoms with Gasteiger partial charge in [0.2, 0.25) is 0 Å². The highest BCUT2D eigenvalue weighted by atomic mass is 16.4. The van der Waals surface area contributed by atoms with Crippen LogP contribution in [0.5, 0.6) is 0 Å². The summed E-state index contributed by atoms with van der Waals surface area (Å²) >= 11 is 0. The van der Waals surface area contributed by atoms with Crippen molar-refractivity contribution in [2.45, 2.75) is 70.8 Å². The molecular formula is C16H28N2O3. The molecule has 2 amide bonds. The van der Waals surface area contributed by atoms with E-state index in [1.54, 1.807) is 0 Å². The highest BCUT2D eigenvalue weighted by Gasteiger charge is 2.39. The van der Waals surface area contributed by atoms with E-state index in [0.29, 0.717) is 18.8 Å². The van der Waals surface area contributed by atoms with Crippen LogP contribution in [-0.2, 0) is 4.79 Å². The maximum absolute atomic E-state index is 12.0. The molecular weight excluding hydrogens is 268 g/mol. The third-order valence-corrected chi connectivity index (χ3v) is 5.12. The van der Waals surface area contributed by atoms with E-state index in [2.05, 4.69) is 17.6 Å². The van der Waals surface area contributed by atoms with Crippen molar-refractivity contribution < 1.29 is 14.7 Å². The van der Waals surface area contributed by atoms with E-state index in [1.165, 1.54) is 6.42 Å². The van der Waals surface area contributed by atoms with Crippen LogP contribution in [0.1, 0.15) is 64.7 Å². The van der Waals surface area contributed by atoms with E-state index in [0.717, 1.165) is 38.5 Å². The normalized spacial score (nSPS) is 28.6. The van der Waals surface area contributed by atoms with E-state index in [-0.39, 0.29) is 18.6 Å². The molecule has 0 aliphatic heterocycles. The molecule has 0 aromatic heterocycles. The van der Waals surface area contributed by atoms with Crippen LogP contribution in [0, 0.1) is 11.3 Å². The topological polar surface area (TPSA) is 78.4 Å². The van der Waals surface area contributed by atoms with Gasteiger partial charge in [0, 0.05) is 12.6 Å². The molecule has 3 N–H and O–H groups in total. The number of aliphatic carboxylic acids is 1. The predicted molar refractivity (Wildman–Crippen MR) is 81.1 cm³/mol. The Kier molecular flexibility index (Phi) is 5.48. The van der Waals surface area contributed by atoms with Gasteiger partial charge in [0.25, 0.3) is 0 Å². The van der Waals surface area contributed by atoms with Gasteiger partial charge in [0.05, 0.1) is 5.41 Å². The number of urea groups is 1.